The maximum absolute atomic E-state index is 12.3. The highest BCUT2D eigenvalue weighted by Crippen LogP contribution is 2.27. The van der Waals surface area contributed by atoms with Crippen molar-refractivity contribution >= 4 is 11.6 Å². The fraction of sp³-hybridized carbons (Fsp3) is 0.316. The van der Waals surface area contributed by atoms with Gasteiger partial charge in [-0.25, -0.2) is 0 Å². The van der Waals surface area contributed by atoms with Crippen LogP contribution >= 0.6 is 0 Å². The Labute approximate surface area is 143 Å². The van der Waals surface area contributed by atoms with E-state index in [2.05, 4.69) is 12.2 Å². The van der Waals surface area contributed by atoms with E-state index in [0.29, 0.717) is 0 Å². The van der Waals surface area contributed by atoms with Crippen molar-refractivity contribution in [2.75, 3.05) is 33.1 Å². The van der Waals surface area contributed by atoms with Crippen LogP contribution in [-0.2, 0) is 4.79 Å². The minimum Gasteiger partial charge on any atom is -0.497 e. The summed E-state index contributed by atoms with van der Waals surface area (Å²) in [6.07, 6.45) is 0. The predicted octanol–water partition coefficient (Wildman–Crippen LogP) is 3.34. The average molecular weight is 328 g/mol. The molecule has 5 nitrogen and oxygen atoms in total. The number of para-hydroxylation sites is 1. The van der Waals surface area contributed by atoms with Crippen molar-refractivity contribution in [3.63, 3.8) is 0 Å². The van der Waals surface area contributed by atoms with Gasteiger partial charge in [-0.2, -0.15) is 0 Å². The Balaban J connectivity index is 1.97. The first-order valence-corrected chi connectivity index (χ1v) is 7.82. The van der Waals surface area contributed by atoms with Crippen LogP contribution in [0.5, 0.6) is 11.5 Å². The summed E-state index contributed by atoms with van der Waals surface area (Å²) in [7, 11) is 5.19. The molecule has 0 aliphatic heterocycles. The topological polar surface area (TPSA) is 50.8 Å². The standard InChI is InChI=1S/C19H24N2O3/c1-14(17-7-5-6-8-18(17)24-4)21(2)13-19(22)20-15-9-11-16(23-3)12-10-15/h5-12,14H,13H2,1-4H3,(H,20,22). The first kappa shape index (κ1) is 17.8. The maximum atomic E-state index is 12.3. The molecule has 2 aromatic rings. The number of amides is 1. The van der Waals surface area contributed by atoms with Crippen molar-refractivity contribution < 1.29 is 14.3 Å². The lowest BCUT2D eigenvalue weighted by atomic mass is 10.1. The van der Waals surface area contributed by atoms with Crippen LogP contribution in [0, 0.1) is 0 Å². The monoisotopic (exact) mass is 328 g/mol. The molecule has 0 aliphatic rings. The SMILES string of the molecule is COc1ccc(NC(=O)CN(C)C(C)c2ccccc2OC)cc1. The van der Waals surface area contributed by atoms with Gasteiger partial charge in [-0.15, -0.1) is 0 Å². The highest BCUT2D eigenvalue weighted by molar-refractivity contribution is 5.92. The van der Waals surface area contributed by atoms with Gasteiger partial charge >= 0.3 is 0 Å². The number of nitrogens with one attached hydrogen (secondary N) is 1. The lowest BCUT2D eigenvalue weighted by Crippen LogP contribution is -2.32. The normalized spacial score (nSPS) is 11.9. The second-order valence-electron chi connectivity index (χ2n) is 5.61. The Kier molecular flexibility index (Phi) is 6.21. The molecule has 1 unspecified atom stereocenters. The van der Waals surface area contributed by atoms with Gasteiger partial charge in [0, 0.05) is 17.3 Å². The van der Waals surface area contributed by atoms with Crippen LogP contribution in [0.4, 0.5) is 5.69 Å². The molecule has 0 bridgehead atoms. The second-order valence-corrected chi connectivity index (χ2v) is 5.61. The third-order valence-corrected chi connectivity index (χ3v) is 4.02. The Morgan fingerprint density at radius 1 is 1.08 bits per heavy atom. The Bertz CT molecular complexity index is 671. The molecule has 2 aromatic carbocycles. The molecule has 0 heterocycles. The molecule has 0 radical (unpaired) electrons. The summed E-state index contributed by atoms with van der Waals surface area (Å²) in [6, 6.07) is 15.2. The van der Waals surface area contributed by atoms with Crippen molar-refractivity contribution in [3.8, 4) is 11.5 Å². The molecule has 0 fully saturated rings. The van der Waals surface area contributed by atoms with Gasteiger partial charge in [0.2, 0.25) is 5.91 Å². The number of anilines is 1. The van der Waals surface area contributed by atoms with E-state index in [1.807, 2.05) is 60.5 Å². The number of methoxy groups -OCH3 is 2. The maximum Gasteiger partial charge on any atom is 0.238 e. The largest absolute Gasteiger partial charge is 0.497 e. The summed E-state index contributed by atoms with van der Waals surface area (Å²) in [5, 5.41) is 2.89. The molecule has 0 aromatic heterocycles. The third-order valence-electron chi connectivity index (χ3n) is 4.02. The smallest absolute Gasteiger partial charge is 0.238 e. The zero-order valence-electron chi connectivity index (χ0n) is 14.6. The quantitative estimate of drug-likeness (QED) is 0.847. The molecule has 0 spiro atoms. The van der Waals surface area contributed by atoms with Crippen LogP contribution in [0.1, 0.15) is 18.5 Å². The van der Waals surface area contributed by atoms with Crippen LogP contribution < -0.4 is 14.8 Å². The van der Waals surface area contributed by atoms with E-state index in [-0.39, 0.29) is 18.5 Å². The van der Waals surface area contributed by atoms with Gasteiger partial charge in [0.25, 0.3) is 0 Å². The summed E-state index contributed by atoms with van der Waals surface area (Å²) >= 11 is 0. The van der Waals surface area contributed by atoms with Crippen molar-refractivity contribution in [3.05, 3.63) is 54.1 Å². The van der Waals surface area contributed by atoms with E-state index < -0.39 is 0 Å². The van der Waals surface area contributed by atoms with Gasteiger partial charge in [-0.1, -0.05) is 18.2 Å². The van der Waals surface area contributed by atoms with Crippen molar-refractivity contribution in [2.45, 2.75) is 13.0 Å². The van der Waals surface area contributed by atoms with E-state index in [1.54, 1.807) is 14.2 Å². The molecule has 1 amide bonds. The highest BCUT2D eigenvalue weighted by Gasteiger charge is 2.18. The van der Waals surface area contributed by atoms with Crippen molar-refractivity contribution in [1.82, 2.24) is 4.90 Å². The number of nitrogens with zero attached hydrogens (tertiary/aromatic N) is 1. The van der Waals surface area contributed by atoms with Crippen LogP contribution in [0.2, 0.25) is 0 Å². The molecule has 0 saturated carbocycles. The Morgan fingerprint density at radius 3 is 2.38 bits per heavy atom. The van der Waals surface area contributed by atoms with Crippen molar-refractivity contribution in [1.29, 1.82) is 0 Å². The van der Waals surface area contributed by atoms with Gasteiger partial charge in [-0.3, -0.25) is 9.69 Å². The van der Waals surface area contributed by atoms with Crippen LogP contribution in [0.15, 0.2) is 48.5 Å². The molecule has 128 valence electrons. The zero-order chi connectivity index (χ0) is 17.5. The van der Waals surface area contributed by atoms with Gasteiger partial charge in [0.05, 0.1) is 20.8 Å². The van der Waals surface area contributed by atoms with E-state index in [1.165, 1.54) is 0 Å². The molecule has 24 heavy (non-hydrogen) atoms. The fourth-order valence-electron chi connectivity index (χ4n) is 2.49. The number of hydrogen-bond donors (Lipinski definition) is 1. The number of carbonyl (C=O) groups is 1. The Morgan fingerprint density at radius 2 is 1.75 bits per heavy atom. The van der Waals surface area contributed by atoms with E-state index in [0.717, 1.165) is 22.7 Å². The van der Waals surface area contributed by atoms with E-state index in [4.69, 9.17) is 9.47 Å². The van der Waals surface area contributed by atoms with E-state index in [9.17, 15) is 4.79 Å². The molecule has 0 aliphatic carbocycles. The summed E-state index contributed by atoms with van der Waals surface area (Å²) in [5.41, 5.74) is 1.80. The minimum atomic E-state index is -0.0654. The lowest BCUT2D eigenvalue weighted by molar-refractivity contribution is -0.117. The van der Waals surface area contributed by atoms with Crippen LogP contribution in [0.25, 0.3) is 0 Å². The average Bonchev–Trinajstić information content (AvgIpc) is 2.61. The van der Waals surface area contributed by atoms with Crippen LogP contribution in [-0.4, -0.2) is 38.6 Å². The van der Waals surface area contributed by atoms with Crippen molar-refractivity contribution in [2.24, 2.45) is 0 Å². The summed E-state index contributed by atoms with van der Waals surface area (Å²) in [6.45, 7) is 2.34. The molecular formula is C19H24N2O3. The molecule has 1 N–H and O–H groups in total. The number of rotatable bonds is 7. The molecular weight excluding hydrogens is 304 g/mol. The lowest BCUT2D eigenvalue weighted by Gasteiger charge is -2.25. The summed E-state index contributed by atoms with van der Waals surface area (Å²) in [4.78, 5) is 14.2. The molecule has 5 heteroatoms. The van der Waals surface area contributed by atoms with Gasteiger partial charge in [0.1, 0.15) is 11.5 Å². The van der Waals surface area contributed by atoms with Gasteiger partial charge in [0.15, 0.2) is 0 Å². The zero-order valence-corrected chi connectivity index (χ0v) is 14.6. The van der Waals surface area contributed by atoms with Gasteiger partial charge < -0.3 is 14.8 Å². The second kappa shape index (κ2) is 8.36. The number of hydrogen-bond acceptors (Lipinski definition) is 4. The van der Waals surface area contributed by atoms with Crippen LogP contribution in [0.3, 0.4) is 0 Å². The third kappa shape index (κ3) is 4.49. The predicted molar refractivity (Wildman–Crippen MR) is 95.7 cm³/mol. The fourth-order valence-corrected chi connectivity index (χ4v) is 2.49. The summed E-state index contributed by atoms with van der Waals surface area (Å²) < 4.78 is 10.5. The number of benzene rings is 2. The first-order chi connectivity index (χ1) is 11.5. The van der Waals surface area contributed by atoms with Gasteiger partial charge in [-0.05, 0) is 44.3 Å². The first-order valence-electron chi connectivity index (χ1n) is 7.82. The molecule has 1 atom stereocenters. The number of ether oxygens (including phenoxy) is 2. The number of likely N-dealkylation sites (N-methyl/N-ethyl adjacent to an activating group) is 1. The van der Waals surface area contributed by atoms with E-state index >= 15 is 0 Å². The number of carbonyl (C=O) groups excluding carboxylic acids is 1. The summed E-state index contributed by atoms with van der Waals surface area (Å²) in [5.74, 6) is 1.52. The molecule has 2 rings (SSSR count). The highest BCUT2D eigenvalue weighted by atomic mass is 16.5. The Hall–Kier alpha value is -2.53. The minimum absolute atomic E-state index is 0.0581. The molecule has 0 saturated heterocycles.